The second-order valence-corrected chi connectivity index (χ2v) is 9.38. The Labute approximate surface area is 219 Å². The standard InChI is InChI=1S/C25H28O14/c26-7-15-18(29)20(31)22(33)24(38-15)35-9-1-3-11-13(5-9)37-14-6-10(2-4-12(14)17(11)28)36-25-23(34)21(32)19(30)16(8-27)39-25/h1-6,15-16,18-27,29-34H,7-8H2/t15-,16-,18-,19-,20+,21+,22-,23-,24-,25-/m1/s1. The smallest absolute Gasteiger partial charge is 0.229 e. The van der Waals surface area contributed by atoms with E-state index in [9.17, 15) is 45.6 Å². The summed E-state index contributed by atoms with van der Waals surface area (Å²) in [4.78, 5) is 13.1. The highest BCUT2D eigenvalue weighted by atomic mass is 16.7. The molecule has 8 N–H and O–H groups in total. The van der Waals surface area contributed by atoms with Crippen molar-refractivity contribution in [2.24, 2.45) is 0 Å². The molecule has 212 valence electrons. The number of hydrogen-bond donors (Lipinski definition) is 8. The summed E-state index contributed by atoms with van der Waals surface area (Å²) < 4.78 is 27.8. The van der Waals surface area contributed by atoms with Crippen molar-refractivity contribution in [2.75, 3.05) is 13.2 Å². The monoisotopic (exact) mass is 552 g/mol. The van der Waals surface area contributed by atoms with Crippen molar-refractivity contribution in [1.29, 1.82) is 0 Å². The van der Waals surface area contributed by atoms with E-state index in [4.69, 9.17) is 23.4 Å². The maximum atomic E-state index is 13.1. The molecular weight excluding hydrogens is 524 g/mol. The maximum Gasteiger partial charge on any atom is 0.229 e. The number of aliphatic hydroxyl groups is 8. The van der Waals surface area contributed by atoms with Crippen LogP contribution < -0.4 is 14.9 Å². The second-order valence-electron chi connectivity index (χ2n) is 9.38. The summed E-state index contributed by atoms with van der Waals surface area (Å²) in [5, 5.41) is 79.4. The van der Waals surface area contributed by atoms with Gasteiger partial charge < -0.3 is 64.2 Å². The van der Waals surface area contributed by atoms with Gasteiger partial charge in [-0.25, -0.2) is 0 Å². The summed E-state index contributed by atoms with van der Waals surface area (Å²) in [6, 6.07) is 8.40. The van der Waals surface area contributed by atoms with Gasteiger partial charge in [-0.05, 0) is 24.3 Å². The fourth-order valence-corrected chi connectivity index (χ4v) is 4.56. The maximum absolute atomic E-state index is 13.1. The molecule has 2 aliphatic rings. The molecule has 14 nitrogen and oxygen atoms in total. The van der Waals surface area contributed by atoms with Crippen LogP contribution in [0.4, 0.5) is 0 Å². The van der Waals surface area contributed by atoms with Crippen molar-refractivity contribution in [2.45, 2.75) is 61.4 Å². The average Bonchev–Trinajstić information content (AvgIpc) is 2.93. The lowest BCUT2D eigenvalue weighted by Crippen LogP contribution is -2.60. The molecule has 2 aromatic carbocycles. The number of benzene rings is 2. The number of hydrogen-bond acceptors (Lipinski definition) is 14. The first-order chi connectivity index (χ1) is 18.6. The molecule has 0 aliphatic carbocycles. The SMILES string of the molecule is O=c1c2ccc(O[C@@H]3O[C@H](CO)[C@@H](O)[C@H](O)[C@H]3O)cc2oc2cc(O[C@@H]3O[C@H](CO)[C@@H](O)[C@H](O)[C@H]3O)ccc12. The first kappa shape index (κ1) is 27.7. The zero-order valence-electron chi connectivity index (χ0n) is 20.2. The predicted molar refractivity (Wildman–Crippen MR) is 129 cm³/mol. The van der Waals surface area contributed by atoms with Crippen molar-refractivity contribution in [1.82, 2.24) is 0 Å². The fraction of sp³-hybridized carbons (Fsp3) is 0.480. The Balaban J connectivity index is 1.42. The molecule has 0 saturated carbocycles. The molecule has 0 radical (unpaired) electrons. The van der Waals surface area contributed by atoms with Crippen molar-refractivity contribution in [3.05, 3.63) is 46.6 Å². The second kappa shape index (κ2) is 10.9. The van der Waals surface area contributed by atoms with Gasteiger partial charge in [0.25, 0.3) is 0 Å². The third-order valence-corrected chi connectivity index (χ3v) is 6.82. The van der Waals surface area contributed by atoms with E-state index in [1.54, 1.807) is 0 Å². The zero-order chi connectivity index (χ0) is 28.0. The Kier molecular flexibility index (Phi) is 7.76. The summed E-state index contributed by atoms with van der Waals surface area (Å²) >= 11 is 0. The summed E-state index contributed by atoms with van der Waals surface area (Å²) in [6.45, 7) is -1.26. The van der Waals surface area contributed by atoms with Gasteiger partial charge in [0.1, 0.15) is 71.5 Å². The van der Waals surface area contributed by atoms with Gasteiger partial charge in [-0.15, -0.1) is 0 Å². The summed E-state index contributed by atoms with van der Waals surface area (Å²) in [5.74, 6) is 0.172. The molecular formula is C25H28O14. The predicted octanol–water partition coefficient (Wildman–Crippen LogP) is -2.70. The Morgan fingerprint density at radius 2 is 1.03 bits per heavy atom. The number of fused-ring (bicyclic) bond motifs is 2. The Morgan fingerprint density at radius 3 is 1.41 bits per heavy atom. The van der Waals surface area contributed by atoms with E-state index in [2.05, 4.69) is 0 Å². The number of aliphatic hydroxyl groups excluding tert-OH is 8. The van der Waals surface area contributed by atoms with Gasteiger partial charge in [-0.2, -0.15) is 0 Å². The molecule has 1 aromatic heterocycles. The summed E-state index contributed by atoms with van der Waals surface area (Å²) in [5.41, 5.74) is -0.218. The van der Waals surface area contributed by atoms with Crippen LogP contribution in [0.2, 0.25) is 0 Å². The minimum Gasteiger partial charge on any atom is -0.462 e. The zero-order valence-corrected chi connectivity index (χ0v) is 20.2. The molecule has 10 atom stereocenters. The lowest BCUT2D eigenvalue weighted by molar-refractivity contribution is -0.277. The minimum atomic E-state index is -1.63. The molecule has 0 spiro atoms. The van der Waals surface area contributed by atoms with Gasteiger partial charge in [0, 0.05) is 12.1 Å². The molecule has 2 saturated heterocycles. The van der Waals surface area contributed by atoms with E-state index in [1.165, 1.54) is 36.4 Å². The molecule has 2 aliphatic heterocycles. The van der Waals surface area contributed by atoms with Gasteiger partial charge in [0.2, 0.25) is 18.0 Å². The van der Waals surface area contributed by atoms with Gasteiger partial charge in [-0.3, -0.25) is 4.79 Å². The third-order valence-electron chi connectivity index (χ3n) is 6.82. The minimum absolute atomic E-state index is 0.0829. The molecule has 2 fully saturated rings. The van der Waals surface area contributed by atoms with Crippen LogP contribution in [-0.4, -0.2) is 115 Å². The van der Waals surface area contributed by atoms with Crippen LogP contribution in [0.3, 0.4) is 0 Å². The molecule has 0 unspecified atom stereocenters. The largest absolute Gasteiger partial charge is 0.462 e. The lowest BCUT2D eigenvalue weighted by Gasteiger charge is -2.39. The topological polar surface area (TPSA) is 229 Å². The third kappa shape index (κ3) is 5.07. The lowest BCUT2D eigenvalue weighted by atomic mass is 9.99. The van der Waals surface area contributed by atoms with Gasteiger partial charge >= 0.3 is 0 Å². The molecule has 5 rings (SSSR count). The van der Waals surface area contributed by atoms with E-state index in [0.717, 1.165) is 0 Å². The first-order valence-corrected chi connectivity index (χ1v) is 12.1. The van der Waals surface area contributed by atoms with E-state index in [0.29, 0.717) is 0 Å². The normalized spacial score (nSPS) is 35.3. The van der Waals surface area contributed by atoms with E-state index >= 15 is 0 Å². The molecule has 39 heavy (non-hydrogen) atoms. The van der Waals surface area contributed by atoms with Gasteiger partial charge in [-0.1, -0.05) is 0 Å². The number of rotatable bonds is 6. The van der Waals surface area contributed by atoms with Crippen LogP contribution >= 0.6 is 0 Å². The highest BCUT2D eigenvalue weighted by Crippen LogP contribution is 2.30. The Bertz CT molecular complexity index is 1270. The molecule has 0 bridgehead atoms. The highest BCUT2D eigenvalue weighted by molar-refractivity contribution is 5.90. The first-order valence-electron chi connectivity index (χ1n) is 12.1. The van der Waals surface area contributed by atoms with E-state index < -0.39 is 74.6 Å². The number of ether oxygens (including phenoxy) is 4. The van der Waals surface area contributed by atoms with Crippen LogP contribution in [0.15, 0.2) is 45.6 Å². The Morgan fingerprint density at radius 1 is 0.615 bits per heavy atom. The van der Waals surface area contributed by atoms with E-state index in [1.807, 2.05) is 0 Å². The Hall–Kier alpha value is -2.89. The molecule has 3 aromatic rings. The van der Waals surface area contributed by atoms with E-state index in [-0.39, 0.29) is 38.9 Å². The molecule has 3 heterocycles. The van der Waals surface area contributed by atoms with Crippen molar-refractivity contribution >= 4 is 21.9 Å². The van der Waals surface area contributed by atoms with Gasteiger partial charge in [0.15, 0.2) is 0 Å². The van der Waals surface area contributed by atoms with Gasteiger partial charge in [0.05, 0.1) is 24.0 Å². The van der Waals surface area contributed by atoms with Crippen LogP contribution in [0.5, 0.6) is 11.5 Å². The molecule has 0 amide bonds. The summed E-state index contributed by atoms with van der Waals surface area (Å²) in [6.07, 6.45) is -14.9. The van der Waals surface area contributed by atoms with Crippen LogP contribution in [0, 0.1) is 0 Å². The molecule has 14 heteroatoms. The van der Waals surface area contributed by atoms with Crippen LogP contribution in [0.1, 0.15) is 0 Å². The highest BCUT2D eigenvalue weighted by Gasteiger charge is 2.45. The average molecular weight is 552 g/mol. The van der Waals surface area contributed by atoms with Crippen molar-refractivity contribution < 1.29 is 64.2 Å². The van der Waals surface area contributed by atoms with Crippen molar-refractivity contribution in [3.8, 4) is 11.5 Å². The summed E-state index contributed by atoms with van der Waals surface area (Å²) in [7, 11) is 0. The van der Waals surface area contributed by atoms with Crippen LogP contribution in [-0.2, 0) is 9.47 Å². The quantitative estimate of drug-likeness (QED) is 0.146. The van der Waals surface area contributed by atoms with Crippen LogP contribution in [0.25, 0.3) is 21.9 Å². The fourth-order valence-electron chi connectivity index (χ4n) is 4.56. The van der Waals surface area contributed by atoms with Crippen molar-refractivity contribution in [3.63, 3.8) is 0 Å².